The molecule has 0 aliphatic rings. The fraction of sp³-hybridized carbons (Fsp3) is 0.250. The number of hydrogen-bond acceptors (Lipinski definition) is 1. The van der Waals surface area contributed by atoms with Crippen LogP contribution in [0.4, 0.5) is 8.78 Å². The van der Waals surface area contributed by atoms with Crippen LogP contribution in [0.15, 0.2) is 12.4 Å². The summed E-state index contributed by atoms with van der Waals surface area (Å²) >= 11 is 0. The summed E-state index contributed by atoms with van der Waals surface area (Å²) in [5.41, 5.74) is 0. The molecule has 1 aromatic rings. The lowest BCUT2D eigenvalue weighted by atomic mass is 10.9. The lowest BCUT2D eigenvalue weighted by Crippen LogP contribution is -1.92. The number of rotatable bonds is 1. The normalized spacial score (nSPS) is 10.4. The SMILES string of the molecule is FC(F)n1[c]ncc1. The molecule has 1 rings (SSSR count). The summed E-state index contributed by atoms with van der Waals surface area (Å²) in [7, 11) is 0. The van der Waals surface area contributed by atoms with Gasteiger partial charge in [0.1, 0.15) is 0 Å². The molecule has 0 aliphatic heterocycles. The number of aromatic nitrogens is 2. The molecule has 2 nitrogen and oxygen atoms in total. The number of alkyl halides is 2. The van der Waals surface area contributed by atoms with Crippen molar-refractivity contribution in [3.05, 3.63) is 18.7 Å². The van der Waals surface area contributed by atoms with Gasteiger partial charge in [0.05, 0.1) is 0 Å². The first-order chi connectivity index (χ1) is 3.80. The van der Waals surface area contributed by atoms with E-state index in [0.29, 0.717) is 4.57 Å². The van der Waals surface area contributed by atoms with Crippen molar-refractivity contribution < 1.29 is 8.78 Å². The highest BCUT2D eigenvalue weighted by molar-refractivity contribution is 4.71. The van der Waals surface area contributed by atoms with E-state index in [-0.39, 0.29) is 0 Å². The Balaban J connectivity index is 2.77. The Hall–Kier alpha value is -0.930. The fourth-order valence-electron chi connectivity index (χ4n) is 0.347. The van der Waals surface area contributed by atoms with Crippen LogP contribution in [0.2, 0.25) is 0 Å². The minimum atomic E-state index is -2.52. The zero-order valence-electron chi connectivity index (χ0n) is 3.88. The molecular weight excluding hydrogens is 114 g/mol. The van der Waals surface area contributed by atoms with Crippen molar-refractivity contribution in [2.45, 2.75) is 6.55 Å². The predicted octanol–water partition coefficient (Wildman–Crippen LogP) is 1.08. The van der Waals surface area contributed by atoms with Gasteiger partial charge >= 0.3 is 6.55 Å². The smallest absolute Gasteiger partial charge is 0.271 e. The van der Waals surface area contributed by atoms with E-state index in [1.807, 2.05) is 0 Å². The van der Waals surface area contributed by atoms with Gasteiger partial charge in [0.15, 0.2) is 6.33 Å². The summed E-state index contributed by atoms with van der Waals surface area (Å²) in [6.07, 6.45) is 4.47. The van der Waals surface area contributed by atoms with E-state index < -0.39 is 6.55 Å². The summed E-state index contributed by atoms with van der Waals surface area (Å²) in [4.78, 5) is 3.30. The van der Waals surface area contributed by atoms with Crippen molar-refractivity contribution in [3.63, 3.8) is 0 Å². The molecule has 0 aliphatic carbocycles. The van der Waals surface area contributed by atoms with Crippen molar-refractivity contribution in [2.24, 2.45) is 0 Å². The van der Waals surface area contributed by atoms with Gasteiger partial charge in [-0.3, -0.25) is 4.57 Å². The van der Waals surface area contributed by atoms with Crippen molar-refractivity contribution in [2.75, 3.05) is 0 Å². The van der Waals surface area contributed by atoms with E-state index in [2.05, 4.69) is 11.3 Å². The van der Waals surface area contributed by atoms with Crippen molar-refractivity contribution in [3.8, 4) is 0 Å². The fourth-order valence-corrected chi connectivity index (χ4v) is 0.347. The van der Waals surface area contributed by atoms with Crippen LogP contribution in [0, 0.1) is 6.33 Å². The highest BCUT2D eigenvalue weighted by atomic mass is 19.3. The van der Waals surface area contributed by atoms with Crippen LogP contribution in [0.3, 0.4) is 0 Å². The highest BCUT2D eigenvalue weighted by Gasteiger charge is 2.01. The van der Waals surface area contributed by atoms with Gasteiger partial charge < -0.3 is 0 Å². The first-order valence-electron chi connectivity index (χ1n) is 1.99. The van der Waals surface area contributed by atoms with Gasteiger partial charge in [-0.25, -0.2) is 4.98 Å². The molecule has 0 atom stereocenters. The topological polar surface area (TPSA) is 17.8 Å². The van der Waals surface area contributed by atoms with Crippen molar-refractivity contribution in [1.82, 2.24) is 9.55 Å². The van der Waals surface area contributed by atoms with Gasteiger partial charge in [-0.05, 0) is 0 Å². The van der Waals surface area contributed by atoms with Gasteiger partial charge in [0.2, 0.25) is 0 Å². The zero-order valence-corrected chi connectivity index (χ0v) is 3.88. The third-order valence-electron chi connectivity index (χ3n) is 0.685. The van der Waals surface area contributed by atoms with Crippen LogP contribution in [0.25, 0.3) is 0 Å². The standard InChI is InChI=1S/C4H3F2N2/c5-4(6)8-2-1-7-3-8/h1-2,4H. The molecule has 1 radical (unpaired) electrons. The maximum Gasteiger partial charge on any atom is 0.320 e. The minimum absolute atomic E-state index is 0.597. The molecular formula is C4H3F2N2. The van der Waals surface area contributed by atoms with E-state index in [0.717, 1.165) is 6.20 Å². The first kappa shape index (κ1) is 5.21. The van der Waals surface area contributed by atoms with E-state index in [9.17, 15) is 8.78 Å². The average molecular weight is 117 g/mol. The molecule has 0 spiro atoms. The van der Waals surface area contributed by atoms with Crippen LogP contribution in [-0.4, -0.2) is 9.55 Å². The highest BCUT2D eigenvalue weighted by Crippen LogP contribution is 2.05. The molecule has 0 unspecified atom stereocenters. The Kier molecular flexibility index (Phi) is 1.24. The van der Waals surface area contributed by atoms with Gasteiger partial charge in [-0.2, -0.15) is 8.78 Å². The Morgan fingerprint density at radius 1 is 1.62 bits per heavy atom. The molecule has 1 heterocycles. The lowest BCUT2D eigenvalue weighted by molar-refractivity contribution is 0.0693. The van der Waals surface area contributed by atoms with Crippen molar-refractivity contribution >= 4 is 0 Å². The van der Waals surface area contributed by atoms with Gasteiger partial charge in [0, 0.05) is 12.4 Å². The third kappa shape index (κ3) is 0.828. The second kappa shape index (κ2) is 1.90. The molecule has 0 saturated heterocycles. The maximum atomic E-state index is 11.5. The number of imidazole rings is 1. The number of nitrogens with zero attached hydrogens (tertiary/aromatic N) is 2. The Morgan fingerprint density at radius 3 is 2.62 bits per heavy atom. The molecule has 0 bridgehead atoms. The van der Waals surface area contributed by atoms with Gasteiger partial charge in [-0.15, -0.1) is 0 Å². The third-order valence-corrected chi connectivity index (χ3v) is 0.685. The predicted molar refractivity (Wildman–Crippen MR) is 22.3 cm³/mol. The van der Waals surface area contributed by atoms with Crippen LogP contribution in [0.5, 0.6) is 0 Å². The lowest BCUT2D eigenvalue weighted by Gasteiger charge is -1.93. The second-order valence-corrected chi connectivity index (χ2v) is 1.21. The van der Waals surface area contributed by atoms with Crippen LogP contribution < -0.4 is 0 Å². The summed E-state index contributed by atoms with van der Waals surface area (Å²) in [5, 5.41) is 0. The molecule has 0 N–H and O–H groups in total. The molecule has 0 aromatic carbocycles. The second-order valence-electron chi connectivity index (χ2n) is 1.21. The van der Waals surface area contributed by atoms with E-state index in [1.54, 1.807) is 0 Å². The van der Waals surface area contributed by atoms with Gasteiger partial charge in [0.25, 0.3) is 0 Å². The zero-order chi connectivity index (χ0) is 5.98. The Bertz CT molecular complexity index is 147. The molecule has 1 aromatic heterocycles. The summed E-state index contributed by atoms with van der Waals surface area (Å²) in [6.45, 7) is -2.52. The molecule has 0 saturated carbocycles. The van der Waals surface area contributed by atoms with E-state index in [1.165, 1.54) is 6.20 Å². The Morgan fingerprint density at radius 2 is 2.38 bits per heavy atom. The largest absolute Gasteiger partial charge is 0.320 e. The van der Waals surface area contributed by atoms with E-state index >= 15 is 0 Å². The van der Waals surface area contributed by atoms with Crippen LogP contribution >= 0.6 is 0 Å². The molecule has 8 heavy (non-hydrogen) atoms. The molecule has 0 amide bonds. The molecule has 0 fully saturated rings. The summed E-state index contributed by atoms with van der Waals surface area (Å²) in [6, 6.07) is 0. The summed E-state index contributed by atoms with van der Waals surface area (Å²) in [5.74, 6) is 0. The monoisotopic (exact) mass is 117 g/mol. The van der Waals surface area contributed by atoms with Crippen LogP contribution in [-0.2, 0) is 0 Å². The van der Waals surface area contributed by atoms with E-state index in [4.69, 9.17) is 0 Å². The van der Waals surface area contributed by atoms with Crippen molar-refractivity contribution in [1.29, 1.82) is 0 Å². The number of hydrogen-bond donors (Lipinski definition) is 0. The summed E-state index contributed by atoms with van der Waals surface area (Å²) < 4.78 is 23.6. The minimum Gasteiger partial charge on any atom is -0.271 e. The van der Waals surface area contributed by atoms with Gasteiger partial charge in [-0.1, -0.05) is 0 Å². The first-order valence-corrected chi connectivity index (χ1v) is 1.99. The number of halogens is 2. The van der Waals surface area contributed by atoms with Crippen LogP contribution in [0.1, 0.15) is 6.55 Å². The quantitative estimate of drug-likeness (QED) is 0.538. The average Bonchev–Trinajstić information content (AvgIpc) is 2.12. The molecule has 4 heteroatoms. The molecule has 43 valence electrons. The maximum absolute atomic E-state index is 11.5. The Labute approximate surface area is 44.8 Å².